The number of hydrogen-bond acceptors (Lipinski definition) is 6. The number of anilines is 1. The standard InChI is InChI=1S/C28H33ClN2O5S/c29-23-6-7-24-20(14-23)9-10-28(24)17-31-16-22-4-3-19(22)2-1-11-35-12-13-37(33,34)30-27(32)21-5-8-26(36-18-28)25(31)15-21/h5-8,14-15,19,22H,1-4,9-13,16-18H2,(H,30,32)/t19-,22+,28+/m1/s1. The first kappa shape index (κ1) is 25.0. The molecule has 2 aliphatic carbocycles. The molecule has 0 saturated heterocycles. The van der Waals surface area contributed by atoms with Crippen LogP contribution in [0.15, 0.2) is 36.4 Å². The minimum atomic E-state index is -3.79. The van der Waals surface area contributed by atoms with Crippen molar-refractivity contribution in [3.63, 3.8) is 0 Å². The van der Waals surface area contributed by atoms with Gasteiger partial charge in [-0.25, -0.2) is 13.1 Å². The molecule has 2 aromatic rings. The van der Waals surface area contributed by atoms with Crippen molar-refractivity contribution in [1.29, 1.82) is 0 Å². The fourth-order valence-corrected chi connectivity index (χ4v) is 7.56. The van der Waals surface area contributed by atoms with Gasteiger partial charge in [-0.05, 0) is 91.8 Å². The molecule has 1 N–H and O–H groups in total. The quantitative estimate of drug-likeness (QED) is 0.532. The molecule has 2 bridgehead atoms. The SMILES string of the molecule is O=C1NS(=O)(=O)CCOCCC[C@@H]2CC[C@H]2CN2C[C@@]3(CCc4cc(Cl)ccc43)COc3ccc1cc32. The monoisotopic (exact) mass is 544 g/mol. The molecule has 37 heavy (non-hydrogen) atoms. The summed E-state index contributed by atoms with van der Waals surface area (Å²) >= 11 is 6.31. The van der Waals surface area contributed by atoms with E-state index in [2.05, 4.69) is 21.8 Å². The normalized spacial score (nSPS) is 29.3. The topological polar surface area (TPSA) is 84.9 Å². The average molecular weight is 545 g/mol. The molecule has 9 heteroatoms. The Morgan fingerprint density at radius 2 is 1.92 bits per heavy atom. The number of halogens is 1. The number of rotatable bonds is 0. The summed E-state index contributed by atoms with van der Waals surface area (Å²) in [6, 6.07) is 11.4. The van der Waals surface area contributed by atoms with Gasteiger partial charge in [-0.2, -0.15) is 0 Å². The van der Waals surface area contributed by atoms with Crippen LogP contribution in [0.4, 0.5) is 5.69 Å². The third-order valence-corrected chi connectivity index (χ3v) is 10.1. The Bertz CT molecular complexity index is 1320. The summed E-state index contributed by atoms with van der Waals surface area (Å²) in [7, 11) is -3.79. The second-order valence-corrected chi connectivity index (χ2v) is 13.3. The molecule has 1 saturated carbocycles. The van der Waals surface area contributed by atoms with Crippen LogP contribution in [-0.4, -0.2) is 53.0 Å². The highest BCUT2D eigenvalue weighted by Gasteiger charge is 2.44. The smallest absolute Gasteiger partial charge is 0.264 e. The highest BCUT2D eigenvalue weighted by Crippen LogP contribution is 2.47. The summed E-state index contributed by atoms with van der Waals surface area (Å²) in [5.74, 6) is 1.07. The van der Waals surface area contributed by atoms with Crippen LogP contribution in [0.1, 0.15) is 53.6 Å². The average Bonchev–Trinajstić information content (AvgIpc) is 3.11. The Kier molecular flexibility index (Phi) is 6.62. The first-order valence-corrected chi connectivity index (χ1v) is 15.3. The first-order chi connectivity index (χ1) is 17.8. The number of nitrogens with one attached hydrogen (secondary N) is 1. The number of ether oxygens (including phenoxy) is 2. The molecule has 1 spiro atoms. The number of aryl methyl sites for hydroxylation is 1. The van der Waals surface area contributed by atoms with E-state index in [0.29, 0.717) is 30.6 Å². The van der Waals surface area contributed by atoms with Crippen LogP contribution in [-0.2, 0) is 26.6 Å². The van der Waals surface area contributed by atoms with Gasteiger partial charge in [0.05, 0.1) is 24.7 Å². The Morgan fingerprint density at radius 3 is 2.76 bits per heavy atom. The van der Waals surface area contributed by atoms with Crippen molar-refractivity contribution in [1.82, 2.24) is 4.72 Å². The largest absolute Gasteiger partial charge is 0.490 e. The molecule has 7 nitrogen and oxygen atoms in total. The summed E-state index contributed by atoms with van der Waals surface area (Å²) < 4.78 is 39.2. The Hall–Kier alpha value is -2.29. The lowest BCUT2D eigenvalue weighted by atomic mass is 9.71. The molecule has 3 atom stereocenters. The van der Waals surface area contributed by atoms with E-state index >= 15 is 0 Å². The van der Waals surface area contributed by atoms with Gasteiger partial charge in [-0.1, -0.05) is 17.7 Å². The molecule has 0 aromatic heterocycles. The van der Waals surface area contributed by atoms with Crippen molar-refractivity contribution in [2.45, 2.75) is 43.9 Å². The fourth-order valence-electron chi connectivity index (χ4n) is 6.52. The van der Waals surface area contributed by atoms with E-state index in [1.54, 1.807) is 12.1 Å². The molecular formula is C28H33ClN2O5S. The number of carbonyl (C=O) groups is 1. The maximum atomic E-state index is 13.0. The highest BCUT2D eigenvalue weighted by atomic mass is 35.5. The van der Waals surface area contributed by atoms with Crippen LogP contribution < -0.4 is 14.4 Å². The van der Waals surface area contributed by atoms with E-state index in [9.17, 15) is 13.2 Å². The fraction of sp³-hybridized carbons (Fsp3) is 0.536. The van der Waals surface area contributed by atoms with E-state index in [0.717, 1.165) is 55.2 Å². The van der Waals surface area contributed by atoms with Gasteiger partial charge >= 0.3 is 0 Å². The van der Waals surface area contributed by atoms with Crippen molar-refractivity contribution < 1.29 is 22.7 Å². The molecule has 1 amide bonds. The summed E-state index contributed by atoms with van der Waals surface area (Å²) in [6.45, 7) is 2.84. The summed E-state index contributed by atoms with van der Waals surface area (Å²) in [6.07, 6.45) is 6.33. The van der Waals surface area contributed by atoms with Crippen molar-refractivity contribution in [3.05, 3.63) is 58.1 Å². The van der Waals surface area contributed by atoms with Gasteiger partial charge in [-0.3, -0.25) is 4.79 Å². The number of carbonyl (C=O) groups excluding carboxylic acids is 1. The third kappa shape index (κ3) is 4.95. The highest BCUT2D eigenvalue weighted by molar-refractivity contribution is 7.90. The van der Waals surface area contributed by atoms with Crippen molar-refractivity contribution >= 4 is 33.2 Å². The van der Waals surface area contributed by atoms with E-state index in [1.165, 1.54) is 24.0 Å². The zero-order chi connectivity index (χ0) is 25.6. The van der Waals surface area contributed by atoms with Crippen LogP contribution in [0, 0.1) is 11.8 Å². The lowest BCUT2D eigenvalue weighted by Gasteiger charge is -2.42. The lowest BCUT2D eigenvalue weighted by Crippen LogP contribution is -2.46. The lowest BCUT2D eigenvalue weighted by molar-refractivity contribution is 0.0979. The van der Waals surface area contributed by atoms with Gasteiger partial charge in [0.1, 0.15) is 5.75 Å². The Morgan fingerprint density at radius 1 is 1.05 bits per heavy atom. The van der Waals surface area contributed by atoms with Gasteiger partial charge < -0.3 is 14.4 Å². The van der Waals surface area contributed by atoms with E-state index in [-0.39, 0.29) is 17.8 Å². The van der Waals surface area contributed by atoms with Crippen LogP contribution in [0.3, 0.4) is 0 Å². The van der Waals surface area contributed by atoms with Crippen molar-refractivity contribution in [3.8, 4) is 5.75 Å². The molecule has 2 heterocycles. The van der Waals surface area contributed by atoms with Gasteiger partial charge in [0.2, 0.25) is 10.0 Å². The van der Waals surface area contributed by atoms with Gasteiger partial charge in [-0.15, -0.1) is 0 Å². The molecule has 198 valence electrons. The molecule has 6 rings (SSSR count). The number of sulfonamides is 1. The predicted octanol–water partition coefficient (Wildman–Crippen LogP) is 4.32. The third-order valence-electron chi connectivity index (χ3n) is 8.71. The van der Waals surface area contributed by atoms with E-state index < -0.39 is 15.9 Å². The van der Waals surface area contributed by atoms with Gasteiger partial charge in [0, 0.05) is 35.7 Å². The minimum absolute atomic E-state index is 0.0806. The zero-order valence-electron chi connectivity index (χ0n) is 20.9. The maximum Gasteiger partial charge on any atom is 0.264 e. The van der Waals surface area contributed by atoms with Crippen LogP contribution in [0.25, 0.3) is 0 Å². The first-order valence-electron chi connectivity index (χ1n) is 13.3. The van der Waals surface area contributed by atoms with E-state index in [4.69, 9.17) is 21.1 Å². The number of nitrogens with zero attached hydrogens (tertiary/aromatic N) is 1. The summed E-state index contributed by atoms with van der Waals surface area (Å²) in [4.78, 5) is 15.4. The summed E-state index contributed by atoms with van der Waals surface area (Å²) in [5.41, 5.74) is 3.58. The number of amides is 1. The van der Waals surface area contributed by atoms with Crippen molar-refractivity contribution in [2.24, 2.45) is 11.8 Å². The van der Waals surface area contributed by atoms with E-state index in [1.807, 2.05) is 12.1 Å². The Balaban J connectivity index is 1.38. The number of hydrogen-bond donors (Lipinski definition) is 1. The van der Waals surface area contributed by atoms with Gasteiger partial charge in [0.15, 0.2) is 0 Å². The van der Waals surface area contributed by atoms with Crippen LogP contribution >= 0.6 is 11.6 Å². The predicted molar refractivity (Wildman–Crippen MR) is 143 cm³/mol. The molecule has 1 fully saturated rings. The zero-order valence-corrected chi connectivity index (χ0v) is 22.5. The van der Waals surface area contributed by atoms with Crippen molar-refractivity contribution in [2.75, 3.05) is 43.6 Å². The number of benzene rings is 2. The molecule has 2 aliphatic heterocycles. The maximum absolute atomic E-state index is 13.0. The van der Waals surface area contributed by atoms with Crippen LogP contribution in [0.2, 0.25) is 5.02 Å². The molecule has 2 aromatic carbocycles. The molecular weight excluding hydrogens is 512 g/mol. The van der Waals surface area contributed by atoms with Crippen LogP contribution in [0.5, 0.6) is 5.75 Å². The molecule has 4 aliphatic rings. The molecule has 0 unspecified atom stereocenters. The molecule has 0 radical (unpaired) electrons. The summed E-state index contributed by atoms with van der Waals surface area (Å²) in [5, 5.41) is 0.755. The second kappa shape index (κ2) is 9.79. The Labute approximate surface area is 223 Å². The second-order valence-electron chi connectivity index (χ2n) is 11.0. The minimum Gasteiger partial charge on any atom is -0.490 e. The van der Waals surface area contributed by atoms with Gasteiger partial charge in [0.25, 0.3) is 5.91 Å². The number of fused-ring (bicyclic) bond motifs is 4.